The number of benzene rings is 2. The molecule has 0 bridgehead atoms. The number of azide groups is 1. The topological polar surface area (TPSA) is 65.8 Å². The second kappa shape index (κ2) is 5.66. The van der Waals surface area contributed by atoms with Crippen LogP contribution in [0.3, 0.4) is 0 Å². The highest BCUT2D eigenvalue weighted by atomic mass is 16.1. The molecule has 0 heterocycles. The maximum absolute atomic E-state index is 12.3. The summed E-state index contributed by atoms with van der Waals surface area (Å²) < 4.78 is 0. The quantitative estimate of drug-likeness (QED) is 0.344. The van der Waals surface area contributed by atoms with Crippen molar-refractivity contribution in [1.29, 1.82) is 0 Å². The Kier molecular flexibility index (Phi) is 3.74. The largest absolute Gasteiger partial charge is 0.293 e. The summed E-state index contributed by atoms with van der Waals surface area (Å²) in [5.74, 6) is -0.195. The van der Waals surface area contributed by atoms with E-state index < -0.39 is 6.04 Å². The third kappa shape index (κ3) is 2.56. The summed E-state index contributed by atoms with van der Waals surface area (Å²) in [6.07, 6.45) is 0. The second-order valence-electron chi connectivity index (χ2n) is 3.75. The van der Waals surface area contributed by atoms with Crippen LogP contribution in [0.5, 0.6) is 0 Å². The Morgan fingerprint density at radius 1 is 1.00 bits per heavy atom. The number of Topliss-reactive ketones (excluding diaryl/α,β-unsaturated/α-hetero) is 1. The van der Waals surface area contributed by atoms with Crippen LogP contribution in [0, 0.1) is 0 Å². The van der Waals surface area contributed by atoms with Crippen molar-refractivity contribution in [2.75, 3.05) is 0 Å². The van der Waals surface area contributed by atoms with Gasteiger partial charge in [-0.25, -0.2) is 0 Å². The van der Waals surface area contributed by atoms with Crippen LogP contribution >= 0.6 is 0 Å². The first-order chi connectivity index (χ1) is 8.83. The minimum atomic E-state index is -0.807. The van der Waals surface area contributed by atoms with Gasteiger partial charge in [-0.05, 0) is 11.1 Å². The van der Waals surface area contributed by atoms with Gasteiger partial charge in [-0.2, -0.15) is 0 Å². The zero-order valence-corrected chi connectivity index (χ0v) is 9.60. The normalized spacial score (nSPS) is 11.3. The van der Waals surface area contributed by atoms with Gasteiger partial charge in [0.1, 0.15) is 6.04 Å². The van der Waals surface area contributed by atoms with Gasteiger partial charge in [-0.1, -0.05) is 65.8 Å². The summed E-state index contributed by atoms with van der Waals surface area (Å²) in [6, 6.07) is 17.1. The number of hydrogen-bond donors (Lipinski definition) is 0. The smallest absolute Gasteiger partial charge is 0.176 e. The van der Waals surface area contributed by atoms with Crippen molar-refractivity contribution in [3.05, 3.63) is 82.2 Å². The third-order valence-electron chi connectivity index (χ3n) is 2.59. The lowest BCUT2D eigenvalue weighted by Crippen LogP contribution is -2.10. The summed E-state index contributed by atoms with van der Waals surface area (Å²) >= 11 is 0. The Morgan fingerprint density at radius 2 is 1.56 bits per heavy atom. The van der Waals surface area contributed by atoms with Gasteiger partial charge in [-0.15, -0.1) is 0 Å². The van der Waals surface area contributed by atoms with Crippen LogP contribution in [-0.2, 0) is 0 Å². The Hall–Kier alpha value is -2.58. The molecule has 2 rings (SSSR count). The number of carbonyl (C=O) groups excluding carboxylic acids is 1. The zero-order chi connectivity index (χ0) is 12.8. The van der Waals surface area contributed by atoms with E-state index in [4.69, 9.17) is 5.53 Å². The highest BCUT2D eigenvalue weighted by Crippen LogP contribution is 2.22. The molecule has 2 aromatic carbocycles. The molecule has 88 valence electrons. The number of ketones is 1. The molecule has 0 aliphatic rings. The van der Waals surface area contributed by atoms with Crippen molar-refractivity contribution in [1.82, 2.24) is 0 Å². The summed E-state index contributed by atoms with van der Waals surface area (Å²) in [6.45, 7) is 0. The van der Waals surface area contributed by atoms with Crippen molar-refractivity contribution < 1.29 is 4.79 Å². The van der Waals surface area contributed by atoms with Crippen molar-refractivity contribution in [3.8, 4) is 0 Å². The van der Waals surface area contributed by atoms with Gasteiger partial charge in [-0.3, -0.25) is 4.79 Å². The van der Waals surface area contributed by atoms with E-state index in [1.807, 2.05) is 24.3 Å². The third-order valence-corrected chi connectivity index (χ3v) is 2.59. The molecule has 2 aromatic rings. The van der Waals surface area contributed by atoms with Crippen molar-refractivity contribution >= 4 is 5.78 Å². The molecule has 0 saturated carbocycles. The van der Waals surface area contributed by atoms with Gasteiger partial charge in [0.2, 0.25) is 0 Å². The highest BCUT2D eigenvalue weighted by molar-refractivity contribution is 6.00. The van der Waals surface area contributed by atoms with Crippen LogP contribution in [-0.4, -0.2) is 5.78 Å². The summed E-state index contributed by atoms with van der Waals surface area (Å²) in [4.78, 5) is 15.0. The molecular weight excluding hydrogens is 226 g/mol. The van der Waals surface area contributed by atoms with Crippen LogP contribution in [0.25, 0.3) is 10.4 Å². The number of carbonyl (C=O) groups is 1. The van der Waals surface area contributed by atoms with E-state index in [1.54, 1.807) is 36.4 Å². The summed E-state index contributed by atoms with van der Waals surface area (Å²) in [7, 11) is 0. The molecule has 0 N–H and O–H groups in total. The fourth-order valence-corrected chi connectivity index (χ4v) is 1.72. The predicted octanol–water partition coefficient (Wildman–Crippen LogP) is 3.92. The number of nitrogens with zero attached hydrogens (tertiary/aromatic N) is 3. The minimum Gasteiger partial charge on any atom is -0.293 e. The lowest BCUT2D eigenvalue weighted by atomic mass is 9.98. The monoisotopic (exact) mass is 237 g/mol. The summed E-state index contributed by atoms with van der Waals surface area (Å²) in [5.41, 5.74) is 9.84. The van der Waals surface area contributed by atoms with Crippen LogP contribution < -0.4 is 0 Å². The van der Waals surface area contributed by atoms with E-state index >= 15 is 0 Å². The molecule has 4 nitrogen and oxygen atoms in total. The van der Waals surface area contributed by atoms with Gasteiger partial charge >= 0.3 is 0 Å². The van der Waals surface area contributed by atoms with Gasteiger partial charge < -0.3 is 0 Å². The van der Waals surface area contributed by atoms with Crippen molar-refractivity contribution in [2.45, 2.75) is 6.04 Å². The van der Waals surface area contributed by atoms with E-state index in [9.17, 15) is 4.79 Å². The van der Waals surface area contributed by atoms with E-state index in [0.29, 0.717) is 11.1 Å². The molecule has 0 aromatic heterocycles. The standard InChI is InChI=1S/C14H11N3O/c15-17-16-13(11-7-3-1-4-8-11)14(18)12-9-5-2-6-10-12/h1-10,13H/t13-/m0/s1. The average molecular weight is 237 g/mol. The first-order valence-electron chi connectivity index (χ1n) is 5.51. The van der Waals surface area contributed by atoms with Crippen molar-refractivity contribution in [3.63, 3.8) is 0 Å². The highest BCUT2D eigenvalue weighted by Gasteiger charge is 2.20. The van der Waals surface area contributed by atoms with Gasteiger partial charge in [0, 0.05) is 10.5 Å². The number of rotatable bonds is 4. The molecule has 0 unspecified atom stereocenters. The van der Waals surface area contributed by atoms with E-state index in [-0.39, 0.29) is 5.78 Å². The average Bonchev–Trinajstić information content (AvgIpc) is 2.46. The van der Waals surface area contributed by atoms with E-state index in [1.165, 1.54) is 0 Å². The number of hydrogen-bond acceptors (Lipinski definition) is 2. The lowest BCUT2D eigenvalue weighted by molar-refractivity contribution is 0.0961. The van der Waals surface area contributed by atoms with Gasteiger partial charge in [0.05, 0.1) is 0 Å². The molecule has 4 heteroatoms. The van der Waals surface area contributed by atoms with Crippen LogP contribution in [0.15, 0.2) is 65.8 Å². The first-order valence-corrected chi connectivity index (χ1v) is 5.51. The van der Waals surface area contributed by atoms with Crippen LogP contribution in [0.4, 0.5) is 0 Å². The molecule has 1 atom stereocenters. The Labute approximate surface area is 105 Å². The Morgan fingerprint density at radius 3 is 2.11 bits per heavy atom. The minimum absolute atomic E-state index is 0.195. The Balaban J connectivity index is 2.38. The SMILES string of the molecule is [N-]=[N+]=N[C@H](C(=O)c1ccccc1)c1ccccc1. The second-order valence-corrected chi connectivity index (χ2v) is 3.75. The molecule has 0 amide bonds. The molecule has 0 fully saturated rings. The van der Waals surface area contributed by atoms with Crippen LogP contribution in [0.1, 0.15) is 22.0 Å². The Bertz CT molecular complexity index is 575. The van der Waals surface area contributed by atoms with Crippen molar-refractivity contribution in [2.24, 2.45) is 5.11 Å². The fourth-order valence-electron chi connectivity index (χ4n) is 1.72. The van der Waals surface area contributed by atoms with E-state index in [2.05, 4.69) is 10.0 Å². The summed E-state index contributed by atoms with van der Waals surface area (Å²) in [5, 5.41) is 3.60. The molecule has 18 heavy (non-hydrogen) atoms. The lowest BCUT2D eigenvalue weighted by Gasteiger charge is -2.10. The van der Waals surface area contributed by atoms with Gasteiger partial charge in [0.15, 0.2) is 5.78 Å². The predicted molar refractivity (Wildman–Crippen MR) is 69.1 cm³/mol. The van der Waals surface area contributed by atoms with Gasteiger partial charge in [0.25, 0.3) is 0 Å². The maximum Gasteiger partial charge on any atom is 0.176 e. The molecule has 0 radical (unpaired) electrons. The molecule has 0 aliphatic heterocycles. The first kappa shape index (κ1) is 11.9. The zero-order valence-electron chi connectivity index (χ0n) is 9.60. The fraction of sp³-hybridized carbons (Fsp3) is 0.0714. The molecule has 0 aliphatic carbocycles. The van der Waals surface area contributed by atoms with E-state index in [0.717, 1.165) is 0 Å². The maximum atomic E-state index is 12.3. The van der Waals surface area contributed by atoms with Crippen LogP contribution in [0.2, 0.25) is 0 Å². The molecule has 0 saturated heterocycles. The molecular formula is C14H11N3O. The molecule has 0 spiro atoms.